The Balaban J connectivity index is 1.88. The van der Waals surface area contributed by atoms with Crippen molar-refractivity contribution in [3.8, 4) is 17.2 Å². The highest BCUT2D eigenvalue weighted by Crippen LogP contribution is 2.29. The van der Waals surface area contributed by atoms with Gasteiger partial charge in [0.2, 0.25) is 0 Å². The zero-order valence-corrected chi connectivity index (χ0v) is 17.9. The van der Waals surface area contributed by atoms with Crippen LogP contribution in [0.15, 0.2) is 47.6 Å². The Kier molecular flexibility index (Phi) is 9.51. The summed E-state index contributed by atoms with van der Waals surface area (Å²) < 4.78 is 17.5. The van der Waals surface area contributed by atoms with Gasteiger partial charge >= 0.3 is 6.03 Å². The Labute approximate surface area is 178 Å². The largest absolute Gasteiger partial charge is 0.493 e. The number of hydrogen-bond donors (Lipinski definition) is 2. The Bertz CT molecular complexity index is 839. The average molecular weight is 414 g/mol. The van der Waals surface area contributed by atoms with Crippen LogP contribution in [-0.4, -0.2) is 32.1 Å². The van der Waals surface area contributed by atoms with Crippen LogP contribution in [0.1, 0.15) is 50.7 Å². The van der Waals surface area contributed by atoms with Crippen LogP contribution in [0.2, 0.25) is 0 Å². The van der Waals surface area contributed by atoms with Crippen LogP contribution in [0.4, 0.5) is 4.79 Å². The maximum atomic E-state index is 10.7. The second-order valence-electron chi connectivity index (χ2n) is 6.77. The minimum atomic E-state index is -0.717. The van der Waals surface area contributed by atoms with Gasteiger partial charge in [-0.25, -0.2) is 10.2 Å². The topological polar surface area (TPSA) is 95.2 Å². The molecule has 0 aliphatic heterocycles. The van der Waals surface area contributed by atoms with Crippen molar-refractivity contribution in [1.82, 2.24) is 5.43 Å². The summed E-state index contributed by atoms with van der Waals surface area (Å²) in [6.45, 7) is 7.87. The summed E-state index contributed by atoms with van der Waals surface area (Å²) in [5.41, 5.74) is 9.14. The highest BCUT2D eigenvalue weighted by Gasteiger charge is 2.10. The number of hydrazone groups is 1. The quantitative estimate of drug-likeness (QED) is 0.305. The van der Waals surface area contributed by atoms with E-state index in [-0.39, 0.29) is 0 Å². The van der Waals surface area contributed by atoms with Crippen molar-refractivity contribution in [3.05, 3.63) is 53.6 Å². The highest BCUT2D eigenvalue weighted by molar-refractivity contribution is 5.82. The van der Waals surface area contributed by atoms with Crippen LogP contribution < -0.4 is 25.4 Å². The molecule has 0 spiro atoms. The van der Waals surface area contributed by atoms with Crippen molar-refractivity contribution in [2.24, 2.45) is 10.8 Å². The van der Waals surface area contributed by atoms with E-state index < -0.39 is 6.03 Å². The fourth-order valence-corrected chi connectivity index (χ4v) is 2.83. The molecule has 2 rings (SSSR count). The smallest absolute Gasteiger partial charge is 0.332 e. The summed E-state index contributed by atoms with van der Waals surface area (Å²) in [6, 6.07) is 12.9. The van der Waals surface area contributed by atoms with Crippen molar-refractivity contribution in [2.45, 2.75) is 39.5 Å². The second kappa shape index (κ2) is 12.4. The first kappa shape index (κ1) is 23.1. The third-order valence-corrected chi connectivity index (χ3v) is 4.52. The van der Waals surface area contributed by atoms with Gasteiger partial charge < -0.3 is 19.9 Å². The summed E-state index contributed by atoms with van der Waals surface area (Å²) in [6.07, 6.45) is 3.30. The summed E-state index contributed by atoms with van der Waals surface area (Å²) in [5.74, 6) is 2.67. The number of rotatable bonds is 12. The van der Waals surface area contributed by atoms with Crippen LogP contribution in [0, 0.1) is 0 Å². The molecule has 0 saturated heterocycles. The first-order valence-electron chi connectivity index (χ1n) is 10.2. The van der Waals surface area contributed by atoms with Crippen LogP contribution in [0.25, 0.3) is 0 Å². The fourth-order valence-electron chi connectivity index (χ4n) is 2.83. The molecule has 0 aliphatic rings. The van der Waals surface area contributed by atoms with E-state index in [9.17, 15) is 4.79 Å². The van der Waals surface area contributed by atoms with E-state index >= 15 is 0 Å². The van der Waals surface area contributed by atoms with Gasteiger partial charge in [0.25, 0.3) is 0 Å². The average Bonchev–Trinajstić information content (AvgIpc) is 2.74. The Morgan fingerprint density at radius 3 is 2.50 bits per heavy atom. The lowest BCUT2D eigenvalue weighted by Crippen LogP contribution is -2.24. The molecule has 0 aliphatic carbocycles. The maximum absolute atomic E-state index is 10.7. The molecule has 7 nitrogen and oxygen atoms in total. The molecule has 0 radical (unpaired) electrons. The van der Waals surface area contributed by atoms with Gasteiger partial charge in [0.05, 0.1) is 26.0 Å². The molecule has 7 heteroatoms. The molecule has 2 aromatic rings. The van der Waals surface area contributed by atoms with E-state index in [0.717, 1.165) is 24.2 Å². The number of para-hydroxylation sites is 1. The van der Waals surface area contributed by atoms with Gasteiger partial charge in [0, 0.05) is 6.42 Å². The maximum Gasteiger partial charge on any atom is 0.332 e. The second-order valence-corrected chi connectivity index (χ2v) is 6.77. The molecule has 0 aromatic heterocycles. The SMILES string of the molecule is CCOc1cc(/C=N/NC(N)=O)ccc1OCCCOc1ccccc1C(C)CC. The van der Waals surface area contributed by atoms with E-state index in [0.29, 0.717) is 37.2 Å². The molecular formula is C23H31N3O4. The Morgan fingerprint density at radius 1 is 1.07 bits per heavy atom. The summed E-state index contributed by atoms with van der Waals surface area (Å²) in [4.78, 5) is 10.7. The molecular weight excluding hydrogens is 382 g/mol. The molecule has 2 amide bonds. The summed E-state index contributed by atoms with van der Waals surface area (Å²) in [7, 11) is 0. The zero-order chi connectivity index (χ0) is 21.8. The number of urea groups is 1. The molecule has 30 heavy (non-hydrogen) atoms. The predicted octanol–water partition coefficient (Wildman–Crippen LogP) is 4.45. The van der Waals surface area contributed by atoms with E-state index in [1.165, 1.54) is 11.8 Å². The van der Waals surface area contributed by atoms with E-state index in [4.69, 9.17) is 19.9 Å². The third-order valence-electron chi connectivity index (χ3n) is 4.52. The minimum absolute atomic E-state index is 0.464. The lowest BCUT2D eigenvalue weighted by Gasteiger charge is -2.16. The Morgan fingerprint density at radius 2 is 1.80 bits per heavy atom. The number of primary amides is 1. The number of carbonyl (C=O) groups excluding carboxylic acids is 1. The third kappa shape index (κ3) is 7.31. The van der Waals surface area contributed by atoms with Crippen LogP contribution in [-0.2, 0) is 0 Å². The Hall–Kier alpha value is -3.22. The van der Waals surface area contributed by atoms with Crippen LogP contribution >= 0.6 is 0 Å². The molecule has 162 valence electrons. The van der Waals surface area contributed by atoms with Gasteiger partial charge in [-0.2, -0.15) is 5.10 Å². The van der Waals surface area contributed by atoms with Crippen molar-refractivity contribution in [2.75, 3.05) is 19.8 Å². The molecule has 0 bridgehead atoms. The lowest BCUT2D eigenvalue weighted by molar-refractivity contribution is 0.234. The first-order chi connectivity index (χ1) is 14.5. The lowest BCUT2D eigenvalue weighted by atomic mass is 9.98. The van der Waals surface area contributed by atoms with Gasteiger partial charge in [-0.05, 0) is 54.7 Å². The molecule has 1 unspecified atom stereocenters. The van der Waals surface area contributed by atoms with Gasteiger partial charge in [0.15, 0.2) is 11.5 Å². The molecule has 0 heterocycles. The molecule has 1 atom stereocenters. The number of nitrogens with zero attached hydrogens (tertiary/aromatic N) is 1. The highest BCUT2D eigenvalue weighted by atomic mass is 16.5. The predicted molar refractivity (Wildman–Crippen MR) is 119 cm³/mol. The van der Waals surface area contributed by atoms with Crippen molar-refractivity contribution in [1.29, 1.82) is 0 Å². The minimum Gasteiger partial charge on any atom is -0.493 e. The van der Waals surface area contributed by atoms with Crippen LogP contribution in [0.5, 0.6) is 17.2 Å². The van der Waals surface area contributed by atoms with Crippen molar-refractivity contribution >= 4 is 12.2 Å². The van der Waals surface area contributed by atoms with E-state index in [2.05, 4.69) is 30.4 Å². The number of nitrogens with two attached hydrogens (primary N) is 1. The van der Waals surface area contributed by atoms with Crippen molar-refractivity contribution < 1.29 is 19.0 Å². The standard InChI is InChI=1S/C23H31N3O4/c1-4-17(3)19-9-6-7-10-20(19)29-13-8-14-30-21-12-11-18(15-22(21)28-5-2)16-25-26-23(24)27/h6-7,9-12,15-17H,4-5,8,13-14H2,1-3H3,(H3,24,26,27)/b25-16+. The first-order valence-corrected chi connectivity index (χ1v) is 10.2. The monoisotopic (exact) mass is 413 g/mol. The van der Waals surface area contributed by atoms with E-state index in [1.807, 2.05) is 37.3 Å². The number of ether oxygens (including phenoxy) is 3. The number of carbonyl (C=O) groups is 1. The molecule has 0 saturated carbocycles. The summed E-state index contributed by atoms with van der Waals surface area (Å²) in [5, 5.41) is 3.75. The normalized spacial score (nSPS) is 11.8. The number of hydrogen-bond acceptors (Lipinski definition) is 5. The summed E-state index contributed by atoms with van der Waals surface area (Å²) >= 11 is 0. The van der Waals surface area contributed by atoms with Gasteiger partial charge in [-0.1, -0.05) is 32.0 Å². The van der Waals surface area contributed by atoms with Crippen LogP contribution in [0.3, 0.4) is 0 Å². The molecule has 3 N–H and O–H groups in total. The van der Waals surface area contributed by atoms with Crippen molar-refractivity contribution in [3.63, 3.8) is 0 Å². The number of nitrogens with one attached hydrogen (secondary N) is 1. The zero-order valence-electron chi connectivity index (χ0n) is 17.9. The molecule has 0 fully saturated rings. The fraction of sp³-hybridized carbons (Fsp3) is 0.391. The van der Waals surface area contributed by atoms with Gasteiger partial charge in [-0.3, -0.25) is 0 Å². The van der Waals surface area contributed by atoms with Gasteiger partial charge in [-0.15, -0.1) is 0 Å². The van der Waals surface area contributed by atoms with Gasteiger partial charge in [0.1, 0.15) is 5.75 Å². The van der Waals surface area contributed by atoms with E-state index in [1.54, 1.807) is 6.07 Å². The number of benzene rings is 2. The number of amides is 2. The molecule has 2 aromatic carbocycles.